The third-order valence-electron chi connectivity index (χ3n) is 6.67. The van der Waals surface area contributed by atoms with E-state index >= 15 is 0 Å². The maximum absolute atomic E-state index is 13.8. The van der Waals surface area contributed by atoms with Gasteiger partial charge in [-0.05, 0) is 42.3 Å². The topological polar surface area (TPSA) is 100 Å². The molecule has 0 saturated heterocycles. The van der Waals surface area contributed by atoms with Crippen molar-refractivity contribution >= 4 is 59.2 Å². The fourth-order valence-corrected chi connectivity index (χ4v) is 6.36. The third kappa shape index (κ3) is 4.42. The SMILES string of the molecule is CC(F)Oc1ccc(-c2nn([C@@H](C)c3cc4scc(Cl)n4c(=O)c3-c3ccccc3)c3ncnc(N)c23)cc1P. The number of hydrogen-bond donors (Lipinski definition) is 1. The normalized spacial score (nSPS) is 13.1. The number of pyridine rings is 1. The summed E-state index contributed by atoms with van der Waals surface area (Å²) < 4.78 is 22.0. The number of thiazole rings is 1. The molecular formula is C28H23ClFN6O2PS. The van der Waals surface area contributed by atoms with E-state index < -0.39 is 12.4 Å². The molecule has 8 nitrogen and oxygen atoms in total. The predicted octanol–water partition coefficient (Wildman–Crippen LogP) is 5.87. The van der Waals surface area contributed by atoms with Gasteiger partial charge in [0.1, 0.15) is 33.6 Å². The molecule has 0 amide bonds. The van der Waals surface area contributed by atoms with Crippen LogP contribution in [0.1, 0.15) is 25.5 Å². The van der Waals surface area contributed by atoms with Gasteiger partial charge in [-0.1, -0.05) is 41.9 Å². The molecule has 2 aromatic carbocycles. The highest BCUT2D eigenvalue weighted by Gasteiger charge is 2.26. The molecule has 40 heavy (non-hydrogen) atoms. The Morgan fingerprint density at radius 1 is 1.10 bits per heavy atom. The van der Waals surface area contributed by atoms with E-state index in [4.69, 9.17) is 27.2 Å². The van der Waals surface area contributed by atoms with Crippen LogP contribution >= 0.6 is 32.2 Å². The molecule has 3 atom stereocenters. The Bertz CT molecular complexity index is 1960. The van der Waals surface area contributed by atoms with Gasteiger partial charge in [-0.2, -0.15) is 5.10 Å². The van der Waals surface area contributed by atoms with Crippen molar-refractivity contribution in [2.24, 2.45) is 0 Å². The molecule has 12 heteroatoms. The van der Waals surface area contributed by atoms with Crippen LogP contribution in [0, 0.1) is 0 Å². The van der Waals surface area contributed by atoms with Crippen LogP contribution in [0.3, 0.4) is 0 Å². The first-order chi connectivity index (χ1) is 19.2. The Morgan fingerprint density at radius 3 is 2.60 bits per heavy atom. The Morgan fingerprint density at radius 2 is 1.88 bits per heavy atom. The molecular weight excluding hydrogens is 570 g/mol. The average Bonchev–Trinajstić information content (AvgIpc) is 3.51. The van der Waals surface area contributed by atoms with Gasteiger partial charge in [-0.3, -0.25) is 9.20 Å². The molecule has 4 heterocycles. The standard InChI is InChI=1S/C28H23ClFN6O2PS/c1-14(18-11-22-35(21(29)12-40-22)28(37)23(18)16-6-4-3-5-7-16)36-27-24(26(31)32-13-33-27)25(34-36)17-8-9-19(20(39)10-17)38-15(2)30/h3-15H,39H2,1-2H3,(H2,31,32,33)/t14-,15?/m0/s1. The highest BCUT2D eigenvalue weighted by molar-refractivity contribution is 7.27. The molecule has 0 spiro atoms. The van der Waals surface area contributed by atoms with E-state index in [9.17, 15) is 9.18 Å². The highest BCUT2D eigenvalue weighted by atomic mass is 35.5. The van der Waals surface area contributed by atoms with Gasteiger partial charge < -0.3 is 10.5 Å². The lowest BCUT2D eigenvalue weighted by atomic mass is 9.97. The summed E-state index contributed by atoms with van der Waals surface area (Å²) in [6.07, 6.45) is -0.0593. The molecule has 0 aliphatic carbocycles. The summed E-state index contributed by atoms with van der Waals surface area (Å²) in [5, 5.41) is 8.29. The first-order valence-corrected chi connectivity index (χ1v) is 14.2. The van der Waals surface area contributed by atoms with Gasteiger partial charge in [-0.25, -0.2) is 19.0 Å². The quantitative estimate of drug-likeness (QED) is 0.243. The largest absolute Gasteiger partial charge is 0.460 e. The zero-order valence-electron chi connectivity index (χ0n) is 21.4. The maximum atomic E-state index is 13.8. The fourth-order valence-electron chi connectivity index (χ4n) is 4.86. The van der Waals surface area contributed by atoms with Crippen molar-refractivity contribution in [3.63, 3.8) is 0 Å². The van der Waals surface area contributed by atoms with Crippen LogP contribution < -0.4 is 21.3 Å². The Labute approximate surface area is 239 Å². The first-order valence-electron chi connectivity index (χ1n) is 12.3. The number of fused-ring (bicyclic) bond motifs is 2. The highest BCUT2D eigenvalue weighted by Crippen LogP contribution is 2.36. The van der Waals surface area contributed by atoms with E-state index in [2.05, 4.69) is 19.2 Å². The Hall–Kier alpha value is -3.85. The number of anilines is 1. The molecule has 0 radical (unpaired) electrons. The number of nitrogens with two attached hydrogens (primary N) is 1. The monoisotopic (exact) mass is 592 g/mol. The first kappa shape index (κ1) is 26.4. The van der Waals surface area contributed by atoms with Crippen LogP contribution in [-0.4, -0.2) is 30.5 Å². The molecule has 202 valence electrons. The van der Waals surface area contributed by atoms with E-state index in [0.29, 0.717) is 43.3 Å². The van der Waals surface area contributed by atoms with Crippen molar-refractivity contribution in [2.45, 2.75) is 26.2 Å². The number of halogens is 2. The van der Waals surface area contributed by atoms with Crippen LogP contribution in [0.15, 0.2) is 71.1 Å². The van der Waals surface area contributed by atoms with Gasteiger partial charge in [0.15, 0.2) is 5.65 Å². The lowest BCUT2D eigenvalue weighted by Crippen LogP contribution is -2.20. The van der Waals surface area contributed by atoms with Crippen LogP contribution in [0.2, 0.25) is 5.15 Å². The van der Waals surface area contributed by atoms with Gasteiger partial charge in [0.2, 0.25) is 6.36 Å². The summed E-state index contributed by atoms with van der Waals surface area (Å²) in [5.74, 6) is 0.672. The molecule has 0 aliphatic heterocycles. The molecule has 2 unspecified atom stereocenters. The summed E-state index contributed by atoms with van der Waals surface area (Å²) in [4.78, 5) is 23.3. The van der Waals surface area contributed by atoms with Crippen molar-refractivity contribution < 1.29 is 9.13 Å². The second-order valence-corrected chi connectivity index (χ2v) is 11.1. The zero-order valence-corrected chi connectivity index (χ0v) is 24.1. The van der Waals surface area contributed by atoms with Gasteiger partial charge in [0.25, 0.3) is 5.56 Å². The molecule has 6 aromatic rings. The maximum Gasteiger partial charge on any atom is 0.265 e. The number of alkyl halides is 1. The minimum atomic E-state index is -1.45. The Balaban J connectivity index is 1.58. The number of ether oxygens (including phenoxy) is 1. The summed E-state index contributed by atoms with van der Waals surface area (Å²) in [6.45, 7) is 3.28. The lowest BCUT2D eigenvalue weighted by molar-refractivity contribution is 0.0873. The summed E-state index contributed by atoms with van der Waals surface area (Å²) in [5.41, 5.74) is 9.98. The van der Waals surface area contributed by atoms with Crippen molar-refractivity contribution in [1.29, 1.82) is 0 Å². The van der Waals surface area contributed by atoms with E-state index in [1.165, 1.54) is 29.0 Å². The smallest absolute Gasteiger partial charge is 0.265 e. The van der Waals surface area contributed by atoms with Crippen LogP contribution in [0.5, 0.6) is 5.75 Å². The third-order valence-corrected chi connectivity index (χ3v) is 8.41. The van der Waals surface area contributed by atoms with Crippen molar-refractivity contribution in [2.75, 3.05) is 5.73 Å². The van der Waals surface area contributed by atoms with Gasteiger partial charge in [0.05, 0.1) is 17.0 Å². The van der Waals surface area contributed by atoms with Crippen molar-refractivity contribution in [3.8, 4) is 28.1 Å². The molecule has 4 aromatic heterocycles. The minimum Gasteiger partial charge on any atom is -0.460 e. The summed E-state index contributed by atoms with van der Waals surface area (Å²) >= 11 is 7.79. The number of rotatable bonds is 6. The van der Waals surface area contributed by atoms with Gasteiger partial charge in [0, 0.05) is 23.2 Å². The average molecular weight is 593 g/mol. The van der Waals surface area contributed by atoms with Gasteiger partial charge in [-0.15, -0.1) is 20.6 Å². The Kier molecular flexibility index (Phi) is 6.78. The van der Waals surface area contributed by atoms with Crippen LogP contribution in [0.4, 0.5) is 10.2 Å². The summed E-state index contributed by atoms with van der Waals surface area (Å²) in [6, 6.07) is 16.3. The molecule has 0 fully saturated rings. The number of hydrogen-bond acceptors (Lipinski definition) is 7. The number of aromatic nitrogens is 5. The van der Waals surface area contributed by atoms with Crippen LogP contribution in [-0.2, 0) is 0 Å². The second kappa shape index (κ2) is 10.3. The van der Waals surface area contributed by atoms with Crippen LogP contribution in [0.25, 0.3) is 38.2 Å². The zero-order chi connectivity index (χ0) is 28.1. The minimum absolute atomic E-state index is 0.215. The van der Waals surface area contributed by atoms with E-state index in [-0.39, 0.29) is 11.4 Å². The number of nitrogen functional groups attached to an aromatic ring is 1. The fraction of sp³-hybridized carbons (Fsp3) is 0.143. The van der Waals surface area contributed by atoms with Crippen molar-refractivity contribution in [3.05, 3.63) is 87.4 Å². The predicted molar refractivity (Wildman–Crippen MR) is 162 cm³/mol. The van der Waals surface area contributed by atoms with Crippen molar-refractivity contribution in [1.82, 2.24) is 24.1 Å². The molecule has 2 N–H and O–H groups in total. The molecule has 6 rings (SSSR count). The van der Waals surface area contributed by atoms with E-state index in [0.717, 1.165) is 16.7 Å². The second-order valence-electron chi connectivity index (χ2n) is 9.22. The lowest BCUT2D eigenvalue weighted by Gasteiger charge is -2.18. The molecule has 0 bridgehead atoms. The van der Waals surface area contributed by atoms with E-state index in [1.54, 1.807) is 22.2 Å². The molecule has 0 saturated carbocycles. The van der Waals surface area contributed by atoms with E-state index in [1.807, 2.05) is 49.4 Å². The summed E-state index contributed by atoms with van der Waals surface area (Å²) in [7, 11) is 2.56. The number of nitrogens with zero attached hydrogens (tertiary/aromatic N) is 5. The van der Waals surface area contributed by atoms with Gasteiger partial charge >= 0.3 is 0 Å². The number of benzene rings is 2. The molecule has 0 aliphatic rings.